The molecule has 0 aliphatic carbocycles. The van der Waals surface area contributed by atoms with Gasteiger partial charge >= 0.3 is 0 Å². The summed E-state index contributed by atoms with van der Waals surface area (Å²) >= 11 is 6.04. The molecular weight excluding hydrogens is 276 g/mol. The number of hydrogen-bond donors (Lipinski definition) is 1. The number of benzene rings is 1. The summed E-state index contributed by atoms with van der Waals surface area (Å²) in [4.78, 5) is 12.0. The fourth-order valence-electron chi connectivity index (χ4n) is 1.98. The Bertz CT molecular complexity index is 635. The van der Waals surface area contributed by atoms with Crippen molar-refractivity contribution in [3.63, 3.8) is 0 Å². The summed E-state index contributed by atoms with van der Waals surface area (Å²) in [6, 6.07) is 5.43. The monoisotopic (exact) mass is 292 g/mol. The van der Waals surface area contributed by atoms with Crippen LogP contribution in [-0.4, -0.2) is 17.6 Å². The van der Waals surface area contributed by atoms with E-state index in [1.165, 1.54) is 0 Å². The molecule has 4 nitrogen and oxygen atoms in total. The van der Waals surface area contributed by atoms with Gasteiger partial charge in [-0.05, 0) is 30.2 Å². The number of anilines is 1. The average Bonchev–Trinajstić information content (AvgIpc) is 2.78. The largest absolute Gasteiger partial charge is 0.495 e. The van der Waals surface area contributed by atoms with Gasteiger partial charge in [0.1, 0.15) is 5.75 Å². The molecule has 5 heteroatoms. The van der Waals surface area contributed by atoms with E-state index in [4.69, 9.17) is 16.3 Å². The van der Waals surface area contributed by atoms with E-state index in [0.717, 1.165) is 11.1 Å². The van der Waals surface area contributed by atoms with Gasteiger partial charge in [0.25, 0.3) is 0 Å². The third-order valence-electron chi connectivity index (χ3n) is 3.01. The first-order valence-electron chi connectivity index (χ1n) is 6.24. The van der Waals surface area contributed by atoms with E-state index in [-0.39, 0.29) is 5.91 Å². The molecule has 0 aliphatic heterocycles. The number of carbonyl (C=O) groups excluding carboxylic acids is 1. The molecule has 0 saturated carbocycles. The van der Waals surface area contributed by atoms with Crippen molar-refractivity contribution in [3.8, 4) is 5.75 Å². The highest BCUT2D eigenvalue weighted by atomic mass is 35.5. The lowest BCUT2D eigenvalue weighted by Crippen LogP contribution is -2.15. The smallest absolute Gasteiger partial charge is 0.228 e. The van der Waals surface area contributed by atoms with Gasteiger partial charge in [-0.3, -0.25) is 4.79 Å². The van der Waals surface area contributed by atoms with Crippen LogP contribution in [0, 0.1) is 6.92 Å². The average molecular weight is 293 g/mol. The van der Waals surface area contributed by atoms with E-state index in [9.17, 15) is 4.79 Å². The number of methoxy groups -OCH3 is 1. The number of nitrogens with zero attached hydrogens (tertiary/aromatic N) is 1. The number of aromatic nitrogens is 1. The van der Waals surface area contributed by atoms with Crippen molar-refractivity contribution in [2.45, 2.75) is 13.3 Å². The molecule has 20 heavy (non-hydrogen) atoms. The van der Waals surface area contributed by atoms with Crippen LogP contribution in [0.5, 0.6) is 5.75 Å². The summed E-state index contributed by atoms with van der Waals surface area (Å²) in [5.74, 6) is 0.471. The van der Waals surface area contributed by atoms with Crippen LogP contribution in [0.3, 0.4) is 0 Å². The zero-order valence-electron chi connectivity index (χ0n) is 11.7. The van der Waals surface area contributed by atoms with E-state index in [0.29, 0.717) is 22.9 Å². The normalized spacial score (nSPS) is 10.4. The van der Waals surface area contributed by atoms with E-state index in [1.54, 1.807) is 13.2 Å². The minimum atomic E-state index is -0.0868. The minimum Gasteiger partial charge on any atom is -0.495 e. The first kappa shape index (κ1) is 14.5. The zero-order chi connectivity index (χ0) is 14.7. The number of carbonyl (C=O) groups is 1. The lowest BCUT2D eigenvalue weighted by molar-refractivity contribution is -0.115. The van der Waals surface area contributed by atoms with Gasteiger partial charge in [-0.2, -0.15) is 0 Å². The quantitative estimate of drug-likeness (QED) is 0.940. The number of nitrogens with one attached hydrogen (secondary N) is 1. The summed E-state index contributed by atoms with van der Waals surface area (Å²) in [6.07, 6.45) is 4.16. The van der Waals surface area contributed by atoms with Gasteiger partial charge in [-0.15, -0.1) is 0 Å². The number of halogens is 1. The number of amides is 1. The molecule has 0 aliphatic rings. The zero-order valence-corrected chi connectivity index (χ0v) is 12.5. The Kier molecular flexibility index (Phi) is 4.35. The molecule has 0 saturated heterocycles. The number of ether oxygens (including phenoxy) is 1. The maximum absolute atomic E-state index is 12.0. The highest BCUT2D eigenvalue weighted by molar-refractivity contribution is 6.31. The molecular formula is C15H17ClN2O2. The summed E-state index contributed by atoms with van der Waals surface area (Å²) in [5.41, 5.74) is 2.49. The number of rotatable bonds is 4. The highest BCUT2D eigenvalue weighted by Gasteiger charge is 2.11. The second-order valence-electron chi connectivity index (χ2n) is 4.71. The molecule has 1 aromatic carbocycles. The van der Waals surface area contributed by atoms with Crippen molar-refractivity contribution >= 4 is 23.2 Å². The van der Waals surface area contributed by atoms with Crippen molar-refractivity contribution in [2.24, 2.45) is 7.05 Å². The fraction of sp³-hybridized carbons (Fsp3) is 0.267. The molecule has 0 fully saturated rings. The molecule has 0 atom stereocenters. The van der Waals surface area contributed by atoms with Gasteiger partial charge in [-0.25, -0.2) is 0 Å². The van der Waals surface area contributed by atoms with Crippen LogP contribution in [0.15, 0.2) is 30.6 Å². The van der Waals surface area contributed by atoms with Crippen LogP contribution in [0.1, 0.15) is 11.1 Å². The second kappa shape index (κ2) is 6.01. The maximum Gasteiger partial charge on any atom is 0.228 e. The highest BCUT2D eigenvalue weighted by Crippen LogP contribution is 2.30. The summed E-state index contributed by atoms with van der Waals surface area (Å²) in [5, 5.41) is 3.47. The summed E-state index contributed by atoms with van der Waals surface area (Å²) in [6.45, 7) is 1.88. The third-order valence-corrected chi connectivity index (χ3v) is 3.42. The van der Waals surface area contributed by atoms with Crippen LogP contribution < -0.4 is 10.1 Å². The van der Waals surface area contributed by atoms with Crippen LogP contribution in [-0.2, 0) is 18.3 Å². The summed E-state index contributed by atoms with van der Waals surface area (Å²) in [7, 11) is 3.47. The van der Waals surface area contributed by atoms with Gasteiger partial charge in [0.15, 0.2) is 0 Å². The standard InChI is InChI=1S/C15H17ClN2O2/c1-10-6-13(14(20-3)8-12(10)16)17-15(19)7-11-4-5-18(2)9-11/h4-6,8-9H,7H2,1-3H3,(H,17,19). The van der Waals surface area contributed by atoms with E-state index in [2.05, 4.69) is 5.32 Å². The Hall–Kier alpha value is -1.94. The molecule has 1 N–H and O–H groups in total. The van der Waals surface area contributed by atoms with E-state index >= 15 is 0 Å². The van der Waals surface area contributed by atoms with Crippen molar-refractivity contribution in [3.05, 3.63) is 46.7 Å². The molecule has 0 bridgehead atoms. The van der Waals surface area contributed by atoms with Gasteiger partial charge in [0, 0.05) is 30.5 Å². The molecule has 0 radical (unpaired) electrons. The van der Waals surface area contributed by atoms with Gasteiger partial charge in [0.2, 0.25) is 5.91 Å². The second-order valence-corrected chi connectivity index (χ2v) is 5.12. The van der Waals surface area contributed by atoms with Crippen molar-refractivity contribution < 1.29 is 9.53 Å². The lowest BCUT2D eigenvalue weighted by atomic mass is 10.2. The Labute approximate surface area is 123 Å². The molecule has 2 rings (SSSR count). The maximum atomic E-state index is 12.0. The minimum absolute atomic E-state index is 0.0868. The SMILES string of the molecule is COc1cc(Cl)c(C)cc1NC(=O)Cc1ccn(C)c1. The van der Waals surface area contributed by atoms with E-state index < -0.39 is 0 Å². The van der Waals surface area contributed by atoms with Crippen LogP contribution in [0.25, 0.3) is 0 Å². The molecule has 0 unspecified atom stereocenters. The number of hydrogen-bond acceptors (Lipinski definition) is 2. The van der Waals surface area contributed by atoms with Crippen LogP contribution in [0.2, 0.25) is 5.02 Å². The first-order chi connectivity index (χ1) is 9.49. The molecule has 106 valence electrons. The molecule has 1 amide bonds. The third kappa shape index (κ3) is 3.33. The van der Waals surface area contributed by atoms with Gasteiger partial charge in [-0.1, -0.05) is 11.6 Å². The van der Waals surface area contributed by atoms with Crippen molar-refractivity contribution in [2.75, 3.05) is 12.4 Å². The van der Waals surface area contributed by atoms with Crippen LogP contribution >= 0.6 is 11.6 Å². The molecule has 1 heterocycles. The Morgan fingerprint density at radius 1 is 1.45 bits per heavy atom. The predicted molar refractivity (Wildman–Crippen MR) is 80.5 cm³/mol. The van der Waals surface area contributed by atoms with E-state index in [1.807, 2.05) is 43.1 Å². The molecule has 2 aromatic rings. The molecule has 0 spiro atoms. The Balaban J connectivity index is 2.13. The van der Waals surface area contributed by atoms with Gasteiger partial charge < -0.3 is 14.6 Å². The van der Waals surface area contributed by atoms with Gasteiger partial charge in [0.05, 0.1) is 19.2 Å². The predicted octanol–water partition coefficient (Wildman–Crippen LogP) is 3.18. The number of aryl methyl sites for hydroxylation is 2. The van der Waals surface area contributed by atoms with Crippen LogP contribution in [0.4, 0.5) is 5.69 Å². The van der Waals surface area contributed by atoms with Crippen molar-refractivity contribution in [1.29, 1.82) is 0 Å². The first-order valence-corrected chi connectivity index (χ1v) is 6.62. The topological polar surface area (TPSA) is 43.3 Å². The van der Waals surface area contributed by atoms with Crippen molar-refractivity contribution in [1.82, 2.24) is 4.57 Å². The Morgan fingerprint density at radius 2 is 2.20 bits per heavy atom. The summed E-state index contributed by atoms with van der Waals surface area (Å²) < 4.78 is 7.15. The molecule has 1 aromatic heterocycles. The lowest BCUT2D eigenvalue weighted by Gasteiger charge is -2.12. The fourth-order valence-corrected chi connectivity index (χ4v) is 2.13. The Morgan fingerprint density at radius 3 is 2.80 bits per heavy atom.